The number of nitrogens with zero attached hydrogens (tertiary/aromatic N) is 2. The number of aromatic amines is 1. The number of halogens is 3. The first-order valence-electron chi connectivity index (χ1n) is 10.1. The molecule has 0 radical (unpaired) electrons. The summed E-state index contributed by atoms with van der Waals surface area (Å²) in [6, 6.07) is 13.4. The second-order valence-electron chi connectivity index (χ2n) is 7.70. The second kappa shape index (κ2) is 7.91. The number of ether oxygens (including phenoxy) is 1. The average Bonchev–Trinajstić information content (AvgIpc) is 3.01. The molecule has 0 aliphatic carbocycles. The van der Waals surface area contributed by atoms with Gasteiger partial charge in [0.25, 0.3) is 5.91 Å². The molecule has 0 bridgehead atoms. The Morgan fingerprint density at radius 3 is 2.72 bits per heavy atom. The second-order valence-corrected chi connectivity index (χ2v) is 8.11. The molecule has 3 aromatic carbocycles. The van der Waals surface area contributed by atoms with Gasteiger partial charge in [-0.15, -0.1) is 0 Å². The SMILES string of the molecule is Cc1nc2cc(-c3ccc4c(c3)CN(C(=O)c3cc(F)c(Cl)cc3F)CCO4)ccc2[nH]1. The number of aryl methyl sites for hydroxylation is 1. The fourth-order valence-electron chi connectivity index (χ4n) is 3.92. The van der Waals surface area contributed by atoms with Gasteiger partial charge in [0.05, 0.1) is 28.2 Å². The van der Waals surface area contributed by atoms with Gasteiger partial charge in [0.1, 0.15) is 29.8 Å². The summed E-state index contributed by atoms with van der Waals surface area (Å²) in [5.41, 5.74) is 4.15. The number of rotatable bonds is 2. The number of hydrogen-bond acceptors (Lipinski definition) is 3. The zero-order chi connectivity index (χ0) is 22.4. The van der Waals surface area contributed by atoms with Crippen molar-refractivity contribution in [2.75, 3.05) is 13.2 Å². The summed E-state index contributed by atoms with van der Waals surface area (Å²) in [5, 5.41) is -0.364. The molecule has 1 N–H and O–H groups in total. The van der Waals surface area contributed by atoms with Crippen molar-refractivity contribution in [1.29, 1.82) is 0 Å². The average molecular weight is 454 g/mol. The third-order valence-electron chi connectivity index (χ3n) is 5.50. The lowest BCUT2D eigenvalue weighted by atomic mass is 10.0. The Morgan fingerprint density at radius 1 is 1.09 bits per heavy atom. The minimum atomic E-state index is -0.858. The summed E-state index contributed by atoms with van der Waals surface area (Å²) < 4.78 is 34.0. The number of carbonyl (C=O) groups is 1. The van der Waals surface area contributed by atoms with Crippen LogP contribution in [-0.2, 0) is 6.54 Å². The van der Waals surface area contributed by atoms with Crippen LogP contribution in [0.1, 0.15) is 21.7 Å². The number of fused-ring (bicyclic) bond motifs is 2. The highest BCUT2D eigenvalue weighted by molar-refractivity contribution is 6.30. The van der Waals surface area contributed by atoms with Crippen LogP contribution >= 0.6 is 11.6 Å². The van der Waals surface area contributed by atoms with E-state index >= 15 is 0 Å². The van der Waals surface area contributed by atoms with Crippen LogP contribution in [0.5, 0.6) is 5.75 Å². The Bertz CT molecular complexity index is 1370. The fraction of sp³-hybridized carbons (Fsp3) is 0.167. The molecular weight excluding hydrogens is 436 g/mol. The van der Waals surface area contributed by atoms with Crippen molar-refractivity contribution in [2.24, 2.45) is 0 Å². The van der Waals surface area contributed by atoms with Gasteiger partial charge in [0, 0.05) is 12.1 Å². The molecule has 1 amide bonds. The van der Waals surface area contributed by atoms with Gasteiger partial charge in [-0.05, 0) is 54.4 Å². The lowest BCUT2D eigenvalue weighted by Crippen LogP contribution is -2.33. The summed E-state index contributed by atoms with van der Waals surface area (Å²) in [6.45, 7) is 2.59. The maximum Gasteiger partial charge on any atom is 0.257 e. The molecule has 0 fully saturated rings. The van der Waals surface area contributed by atoms with E-state index in [2.05, 4.69) is 9.97 Å². The molecule has 1 aliphatic rings. The van der Waals surface area contributed by atoms with E-state index in [0.29, 0.717) is 5.75 Å². The van der Waals surface area contributed by atoms with E-state index in [1.165, 1.54) is 4.90 Å². The van der Waals surface area contributed by atoms with Crippen molar-refractivity contribution in [3.63, 3.8) is 0 Å². The summed E-state index contributed by atoms with van der Waals surface area (Å²) in [7, 11) is 0. The van der Waals surface area contributed by atoms with Crippen LogP contribution in [0, 0.1) is 18.6 Å². The highest BCUT2D eigenvalue weighted by atomic mass is 35.5. The van der Waals surface area contributed by atoms with E-state index in [1.54, 1.807) is 0 Å². The number of H-pyrrole nitrogens is 1. The van der Waals surface area contributed by atoms with Gasteiger partial charge >= 0.3 is 0 Å². The van der Waals surface area contributed by atoms with Crippen molar-refractivity contribution in [3.8, 4) is 16.9 Å². The van der Waals surface area contributed by atoms with Crippen LogP contribution in [0.25, 0.3) is 22.2 Å². The van der Waals surface area contributed by atoms with Gasteiger partial charge in [0.2, 0.25) is 0 Å². The maximum atomic E-state index is 14.3. The highest BCUT2D eigenvalue weighted by Crippen LogP contribution is 2.31. The molecule has 0 spiro atoms. The Kier molecular flexibility index (Phi) is 5.06. The number of imidazole rings is 1. The van der Waals surface area contributed by atoms with E-state index in [1.807, 2.05) is 43.3 Å². The van der Waals surface area contributed by atoms with Gasteiger partial charge in [-0.1, -0.05) is 23.7 Å². The topological polar surface area (TPSA) is 58.2 Å². The third kappa shape index (κ3) is 3.69. The van der Waals surface area contributed by atoms with E-state index in [9.17, 15) is 13.6 Å². The van der Waals surface area contributed by atoms with Crippen LogP contribution in [0.4, 0.5) is 8.78 Å². The first-order chi connectivity index (χ1) is 15.4. The zero-order valence-corrected chi connectivity index (χ0v) is 17.8. The lowest BCUT2D eigenvalue weighted by Gasteiger charge is -2.20. The van der Waals surface area contributed by atoms with E-state index in [-0.39, 0.29) is 30.3 Å². The first kappa shape index (κ1) is 20.5. The van der Waals surface area contributed by atoms with Gasteiger partial charge in [-0.25, -0.2) is 13.8 Å². The van der Waals surface area contributed by atoms with Crippen LogP contribution in [-0.4, -0.2) is 33.9 Å². The Balaban J connectivity index is 1.48. The van der Waals surface area contributed by atoms with Crippen LogP contribution < -0.4 is 4.74 Å². The predicted octanol–water partition coefficient (Wildman–Crippen LogP) is 5.50. The zero-order valence-electron chi connectivity index (χ0n) is 17.1. The molecule has 162 valence electrons. The molecule has 5 nitrogen and oxygen atoms in total. The van der Waals surface area contributed by atoms with Crippen LogP contribution in [0.2, 0.25) is 5.02 Å². The predicted molar refractivity (Wildman–Crippen MR) is 118 cm³/mol. The summed E-state index contributed by atoms with van der Waals surface area (Å²) in [5.74, 6) is -0.818. The molecular formula is C24H18ClF2N3O2. The Morgan fingerprint density at radius 2 is 1.88 bits per heavy atom. The number of hydrogen-bond donors (Lipinski definition) is 1. The molecule has 5 rings (SSSR count). The summed E-state index contributed by atoms with van der Waals surface area (Å²) in [6.07, 6.45) is 0. The van der Waals surface area contributed by atoms with Crippen molar-refractivity contribution in [3.05, 3.63) is 82.1 Å². The molecule has 2 heterocycles. The first-order valence-corrected chi connectivity index (χ1v) is 10.4. The van der Waals surface area contributed by atoms with Crippen LogP contribution in [0.3, 0.4) is 0 Å². The molecule has 0 atom stereocenters. The number of aromatic nitrogens is 2. The number of benzene rings is 3. The standard InChI is InChI=1S/C24H18ClF2N3O2/c1-13-28-21-4-2-15(9-22(21)29-13)14-3-5-23-16(8-14)12-30(6-7-32-23)24(31)17-10-20(27)18(25)11-19(17)26/h2-5,8-11H,6-7,12H2,1H3,(H,28,29). The fourth-order valence-corrected chi connectivity index (χ4v) is 4.07. The Hall–Kier alpha value is -3.45. The monoisotopic (exact) mass is 453 g/mol. The molecule has 32 heavy (non-hydrogen) atoms. The lowest BCUT2D eigenvalue weighted by molar-refractivity contribution is 0.0728. The quantitative estimate of drug-likeness (QED) is 0.407. The van der Waals surface area contributed by atoms with Gasteiger partial charge in [-0.3, -0.25) is 4.79 Å². The van der Waals surface area contributed by atoms with Crippen molar-refractivity contribution < 1.29 is 18.3 Å². The molecule has 0 unspecified atom stereocenters. The molecule has 8 heteroatoms. The summed E-state index contributed by atoms with van der Waals surface area (Å²) >= 11 is 5.62. The van der Waals surface area contributed by atoms with E-state index < -0.39 is 17.5 Å². The molecule has 1 aromatic heterocycles. The minimum absolute atomic E-state index is 0.204. The summed E-state index contributed by atoms with van der Waals surface area (Å²) in [4.78, 5) is 22.1. The molecule has 0 saturated heterocycles. The van der Waals surface area contributed by atoms with E-state index in [0.717, 1.165) is 45.7 Å². The van der Waals surface area contributed by atoms with Crippen molar-refractivity contribution in [1.82, 2.24) is 14.9 Å². The normalized spacial score (nSPS) is 13.6. The Labute approximate surface area is 187 Å². The number of carbonyl (C=O) groups excluding carboxylic acids is 1. The highest BCUT2D eigenvalue weighted by Gasteiger charge is 2.25. The molecule has 4 aromatic rings. The smallest absolute Gasteiger partial charge is 0.257 e. The van der Waals surface area contributed by atoms with E-state index in [4.69, 9.17) is 16.3 Å². The number of nitrogens with one attached hydrogen (secondary N) is 1. The molecule has 1 aliphatic heterocycles. The minimum Gasteiger partial charge on any atom is -0.491 e. The van der Waals surface area contributed by atoms with Gasteiger partial charge in [0.15, 0.2) is 0 Å². The van der Waals surface area contributed by atoms with Gasteiger partial charge < -0.3 is 14.6 Å². The third-order valence-corrected chi connectivity index (χ3v) is 5.79. The van der Waals surface area contributed by atoms with Gasteiger partial charge in [-0.2, -0.15) is 0 Å². The van der Waals surface area contributed by atoms with Crippen molar-refractivity contribution in [2.45, 2.75) is 13.5 Å². The van der Waals surface area contributed by atoms with Crippen molar-refractivity contribution >= 4 is 28.5 Å². The largest absolute Gasteiger partial charge is 0.491 e. The maximum absolute atomic E-state index is 14.3. The number of amides is 1. The van der Waals surface area contributed by atoms with Crippen LogP contribution in [0.15, 0.2) is 48.5 Å². The molecule has 0 saturated carbocycles.